The predicted octanol–water partition coefficient (Wildman–Crippen LogP) is 2.83. The van der Waals surface area contributed by atoms with Crippen LogP contribution in [0.4, 0.5) is 5.82 Å². The van der Waals surface area contributed by atoms with Gasteiger partial charge in [0.05, 0.1) is 0 Å². The monoisotopic (exact) mass is 390 g/mol. The molecule has 0 aliphatic carbocycles. The maximum Gasteiger partial charge on any atom is 0.270 e. The van der Waals surface area contributed by atoms with Gasteiger partial charge in [-0.2, -0.15) is 0 Å². The van der Waals surface area contributed by atoms with E-state index in [0.717, 1.165) is 24.1 Å². The summed E-state index contributed by atoms with van der Waals surface area (Å²) in [6.07, 6.45) is 4.38. The Balaban J connectivity index is 1.78. The lowest BCUT2D eigenvalue weighted by Gasteiger charge is -2.12. The zero-order valence-electron chi connectivity index (χ0n) is 16.8. The molecule has 3 aromatic rings. The van der Waals surface area contributed by atoms with Gasteiger partial charge in [-0.25, -0.2) is 9.97 Å². The number of amides is 1. The number of hydrogen-bond donors (Lipinski definition) is 2. The van der Waals surface area contributed by atoms with Gasteiger partial charge in [0.2, 0.25) is 0 Å². The molecule has 0 unspecified atom stereocenters. The summed E-state index contributed by atoms with van der Waals surface area (Å²) in [6, 6.07) is 15.2. The van der Waals surface area contributed by atoms with Crippen molar-refractivity contribution in [2.24, 2.45) is 0 Å². The lowest BCUT2D eigenvalue weighted by Crippen LogP contribution is -2.28. The summed E-state index contributed by atoms with van der Waals surface area (Å²) in [6.45, 7) is 2.09. The van der Waals surface area contributed by atoms with Gasteiger partial charge in [-0.15, -0.1) is 0 Å². The number of anilines is 1. The van der Waals surface area contributed by atoms with Gasteiger partial charge in [0.1, 0.15) is 11.5 Å². The molecule has 0 spiro atoms. The van der Waals surface area contributed by atoms with E-state index in [1.165, 1.54) is 0 Å². The molecule has 0 saturated heterocycles. The van der Waals surface area contributed by atoms with Crippen LogP contribution < -0.4 is 10.6 Å². The van der Waals surface area contributed by atoms with Crippen LogP contribution in [-0.2, 0) is 6.54 Å². The van der Waals surface area contributed by atoms with E-state index in [0.29, 0.717) is 30.4 Å². The van der Waals surface area contributed by atoms with Crippen LogP contribution in [0.3, 0.4) is 0 Å². The van der Waals surface area contributed by atoms with Crippen LogP contribution >= 0.6 is 0 Å². The minimum absolute atomic E-state index is 0.199. The Kier molecular flexibility index (Phi) is 7.24. The van der Waals surface area contributed by atoms with Crippen molar-refractivity contribution in [3.05, 3.63) is 72.2 Å². The molecule has 2 aromatic heterocycles. The molecule has 2 heterocycles. The van der Waals surface area contributed by atoms with Crippen molar-refractivity contribution >= 4 is 11.7 Å². The normalized spacial score (nSPS) is 10.7. The second-order valence-corrected chi connectivity index (χ2v) is 6.95. The molecule has 0 atom stereocenters. The fraction of sp³-hybridized carbons (Fsp3) is 0.273. The van der Waals surface area contributed by atoms with Crippen molar-refractivity contribution in [2.75, 3.05) is 32.5 Å². The molecule has 0 aliphatic heterocycles. The second-order valence-electron chi connectivity index (χ2n) is 6.95. The number of aromatic nitrogens is 3. The zero-order chi connectivity index (χ0) is 20.5. The highest BCUT2D eigenvalue weighted by atomic mass is 16.1. The minimum Gasteiger partial charge on any atom is -0.366 e. The minimum atomic E-state index is -0.199. The third kappa shape index (κ3) is 6.36. The van der Waals surface area contributed by atoms with Gasteiger partial charge in [-0.3, -0.25) is 9.78 Å². The van der Waals surface area contributed by atoms with E-state index in [4.69, 9.17) is 0 Å². The number of benzene rings is 1. The summed E-state index contributed by atoms with van der Waals surface area (Å²) < 4.78 is 0. The molecular weight excluding hydrogens is 364 g/mol. The quantitative estimate of drug-likeness (QED) is 0.547. The van der Waals surface area contributed by atoms with Crippen LogP contribution in [0.25, 0.3) is 11.4 Å². The number of rotatable bonds is 9. The van der Waals surface area contributed by atoms with Crippen molar-refractivity contribution < 1.29 is 4.79 Å². The highest BCUT2D eigenvalue weighted by Gasteiger charge is 2.13. The van der Waals surface area contributed by atoms with Crippen LogP contribution in [0.5, 0.6) is 0 Å². The summed E-state index contributed by atoms with van der Waals surface area (Å²) in [5.74, 6) is 0.924. The van der Waals surface area contributed by atoms with E-state index in [1.807, 2.05) is 56.6 Å². The first kappa shape index (κ1) is 20.4. The summed E-state index contributed by atoms with van der Waals surface area (Å²) in [5, 5.41) is 6.23. The largest absolute Gasteiger partial charge is 0.366 e. The number of nitrogens with zero attached hydrogens (tertiary/aromatic N) is 4. The Labute approximate surface area is 171 Å². The number of pyridine rings is 1. The van der Waals surface area contributed by atoms with Crippen molar-refractivity contribution in [3.8, 4) is 11.4 Å². The first-order valence-corrected chi connectivity index (χ1v) is 9.62. The molecule has 0 aliphatic rings. The molecule has 29 heavy (non-hydrogen) atoms. The van der Waals surface area contributed by atoms with Crippen LogP contribution in [0.1, 0.15) is 22.5 Å². The Bertz CT molecular complexity index is 915. The predicted molar refractivity (Wildman–Crippen MR) is 115 cm³/mol. The Morgan fingerprint density at radius 1 is 1.03 bits per heavy atom. The average Bonchev–Trinajstić information content (AvgIpc) is 2.76. The first-order valence-electron chi connectivity index (χ1n) is 9.62. The maximum atomic E-state index is 12.6. The Morgan fingerprint density at radius 3 is 2.52 bits per heavy atom. The molecule has 150 valence electrons. The number of carbonyl (C=O) groups is 1. The van der Waals surface area contributed by atoms with Gasteiger partial charge in [-0.05, 0) is 44.8 Å². The molecule has 1 amide bonds. The van der Waals surface area contributed by atoms with Gasteiger partial charge in [0.25, 0.3) is 5.91 Å². The highest BCUT2D eigenvalue weighted by molar-refractivity contribution is 5.93. The zero-order valence-corrected chi connectivity index (χ0v) is 16.8. The average molecular weight is 390 g/mol. The molecule has 3 rings (SSSR count). The fourth-order valence-electron chi connectivity index (χ4n) is 2.75. The smallest absolute Gasteiger partial charge is 0.270 e. The molecule has 2 N–H and O–H groups in total. The van der Waals surface area contributed by atoms with E-state index < -0.39 is 0 Å². The molecule has 0 saturated carbocycles. The van der Waals surface area contributed by atoms with E-state index in [2.05, 4.69) is 30.5 Å². The summed E-state index contributed by atoms with van der Waals surface area (Å²) in [7, 11) is 4.03. The molecule has 7 heteroatoms. The standard InChI is InChI=1S/C22H26N6O/c1-28(2)14-6-11-24-22(29)19-15-20(25-16-17-9-12-23-13-10-17)27-21(26-19)18-7-4-3-5-8-18/h3-5,7-10,12-13,15H,6,11,14,16H2,1-2H3,(H,24,29)(H,25,26,27). The summed E-state index contributed by atoms with van der Waals surface area (Å²) >= 11 is 0. The van der Waals surface area contributed by atoms with E-state index in [-0.39, 0.29) is 5.91 Å². The van der Waals surface area contributed by atoms with Crippen LogP contribution in [0.2, 0.25) is 0 Å². The van der Waals surface area contributed by atoms with Crippen molar-refractivity contribution in [3.63, 3.8) is 0 Å². The van der Waals surface area contributed by atoms with Gasteiger partial charge in [-0.1, -0.05) is 30.3 Å². The maximum absolute atomic E-state index is 12.6. The number of carbonyl (C=O) groups excluding carboxylic acids is 1. The van der Waals surface area contributed by atoms with Crippen molar-refractivity contribution in [2.45, 2.75) is 13.0 Å². The second kappa shape index (κ2) is 10.3. The van der Waals surface area contributed by atoms with Gasteiger partial charge < -0.3 is 15.5 Å². The van der Waals surface area contributed by atoms with Crippen molar-refractivity contribution in [1.82, 2.24) is 25.2 Å². The first-order chi connectivity index (χ1) is 14.1. The summed E-state index contributed by atoms with van der Waals surface area (Å²) in [5.41, 5.74) is 2.29. The molecular formula is C22H26N6O. The van der Waals surface area contributed by atoms with Crippen LogP contribution in [0.15, 0.2) is 60.9 Å². The topological polar surface area (TPSA) is 83.0 Å². The van der Waals surface area contributed by atoms with E-state index in [1.54, 1.807) is 18.5 Å². The fourth-order valence-corrected chi connectivity index (χ4v) is 2.75. The lowest BCUT2D eigenvalue weighted by molar-refractivity contribution is 0.0947. The van der Waals surface area contributed by atoms with Crippen LogP contribution in [0, 0.1) is 0 Å². The van der Waals surface area contributed by atoms with Gasteiger partial charge in [0.15, 0.2) is 5.82 Å². The Hall–Kier alpha value is -3.32. The molecule has 0 bridgehead atoms. The third-order valence-corrected chi connectivity index (χ3v) is 4.28. The molecule has 1 aromatic carbocycles. The third-order valence-electron chi connectivity index (χ3n) is 4.28. The molecule has 0 radical (unpaired) electrons. The lowest BCUT2D eigenvalue weighted by atomic mass is 10.2. The van der Waals surface area contributed by atoms with E-state index in [9.17, 15) is 4.79 Å². The van der Waals surface area contributed by atoms with E-state index >= 15 is 0 Å². The van der Waals surface area contributed by atoms with Gasteiger partial charge >= 0.3 is 0 Å². The molecule has 7 nitrogen and oxygen atoms in total. The SMILES string of the molecule is CN(C)CCCNC(=O)c1cc(NCc2ccncc2)nc(-c2ccccc2)n1. The van der Waals surface area contributed by atoms with Crippen molar-refractivity contribution in [1.29, 1.82) is 0 Å². The highest BCUT2D eigenvalue weighted by Crippen LogP contribution is 2.18. The Morgan fingerprint density at radius 2 is 1.79 bits per heavy atom. The molecule has 0 fully saturated rings. The number of hydrogen-bond acceptors (Lipinski definition) is 6. The number of nitrogens with one attached hydrogen (secondary N) is 2. The van der Waals surface area contributed by atoms with Crippen LogP contribution in [-0.4, -0.2) is 52.9 Å². The van der Waals surface area contributed by atoms with Gasteiger partial charge in [0, 0.05) is 37.1 Å². The summed E-state index contributed by atoms with van der Waals surface area (Å²) in [4.78, 5) is 27.9.